The molecular weight excluding hydrogens is 232 g/mol. The fraction of sp³-hybridized carbons (Fsp3) is 0.214. The molecule has 88 valence electrons. The zero-order chi connectivity index (χ0) is 12.3. The van der Waals surface area contributed by atoms with E-state index in [2.05, 4.69) is 35.0 Å². The summed E-state index contributed by atoms with van der Waals surface area (Å²) < 4.78 is 0. The molecule has 0 atom stereocenters. The maximum atomic E-state index is 5.93. The van der Waals surface area contributed by atoms with Gasteiger partial charge in [0.05, 0.1) is 5.88 Å². The number of anilines is 2. The van der Waals surface area contributed by atoms with Crippen molar-refractivity contribution in [3.8, 4) is 0 Å². The highest BCUT2D eigenvalue weighted by atomic mass is 35.5. The minimum Gasteiger partial charge on any atom is -0.329 e. The van der Waals surface area contributed by atoms with Crippen molar-refractivity contribution >= 4 is 23.1 Å². The third-order valence-corrected chi connectivity index (χ3v) is 3.01. The van der Waals surface area contributed by atoms with E-state index in [9.17, 15) is 0 Å². The third-order valence-electron chi connectivity index (χ3n) is 2.72. The first-order valence-corrected chi connectivity index (χ1v) is 6.06. The lowest BCUT2D eigenvalue weighted by atomic mass is 10.2. The molecule has 0 bridgehead atoms. The van der Waals surface area contributed by atoms with Gasteiger partial charge in [0.15, 0.2) is 0 Å². The molecule has 3 heteroatoms. The first kappa shape index (κ1) is 11.9. The molecule has 0 unspecified atom stereocenters. The van der Waals surface area contributed by atoms with E-state index in [1.807, 2.05) is 25.2 Å². The second-order valence-electron chi connectivity index (χ2n) is 4.02. The Morgan fingerprint density at radius 2 is 2.06 bits per heavy atom. The standard InChI is InChI=1S/C14H15ClN2/c1-11-5-3-7-13(9-11)17(2)14-12(10-15)6-4-8-16-14/h3-9H,10H2,1-2H3. The Labute approximate surface area is 107 Å². The van der Waals surface area contributed by atoms with Crippen molar-refractivity contribution in [1.82, 2.24) is 4.98 Å². The minimum atomic E-state index is 0.472. The van der Waals surface area contributed by atoms with E-state index in [-0.39, 0.29) is 0 Å². The van der Waals surface area contributed by atoms with Crippen LogP contribution < -0.4 is 4.90 Å². The summed E-state index contributed by atoms with van der Waals surface area (Å²) in [6.07, 6.45) is 1.79. The monoisotopic (exact) mass is 246 g/mol. The second kappa shape index (κ2) is 5.19. The fourth-order valence-electron chi connectivity index (χ4n) is 1.80. The normalized spacial score (nSPS) is 10.3. The molecule has 0 amide bonds. The summed E-state index contributed by atoms with van der Waals surface area (Å²) in [6, 6.07) is 12.2. The van der Waals surface area contributed by atoms with E-state index in [4.69, 9.17) is 11.6 Å². The molecule has 1 aromatic heterocycles. The van der Waals surface area contributed by atoms with Crippen LogP contribution in [-0.4, -0.2) is 12.0 Å². The lowest BCUT2D eigenvalue weighted by Gasteiger charge is -2.20. The average Bonchev–Trinajstić information content (AvgIpc) is 2.38. The van der Waals surface area contributed by atoms with E-state index < -0.39 is 0 Å². The number of aromatic nitrogens is 1. The molecule has 2 nitrogen and oxygen atoms in total. The number of rotatable bonds is 3. The number of pyridine rings is 1. The maximum Gasteiger partial charge on any atom is 0.137 e. The highest BCUT2D eigenvalue weighted by Gasteiger charge is 2.09. The SMILES string of the molecule is Cc1cccc(N(C)c2ncccc2CCl)c1. The number of aryl methyl sites for hydroxylation is 1. The van der Waals surface area contributed by atoms with Crippen molar-refractivity contribution in [1.29, 1.82) is 0 Å². The summed E-state index contributed by atoms with van der Waals surface area (Å²) in [5.74, 6) is 1.38. The average molecular weight is 247 g/mol. The van der Waals surface area contributed by atoms with Gasteiger partial charge in [-0.2, -0.15) is 0 Å². The molecule has 0 aliphatic rings. The number of hydrogen-bond donors (Lipinski definition) is 0. The molecule has 0 N–H and O–H groups in total. The quantitative estimate of drug-likeness (QED) is 0.764. The summed E-state index contributed by atoms with van der Waals surface area (Å²) in [4.78, 5) is 6.46. The van der Waals surface area contributed by atoms with Crippen molar-refractivity contribution in [2.75, 3.05) is 11.9 Å². The van der Waals surface area contributed by atoms with Crippen LogP contribution in [0.15, 0.2) is 42.6 Å². The Morgan fingerprint density at radius 3 is 2.76 bits per heavy atom. The van der Waals surface area contributed by atoms with Crippen LogP contribution in [-0.2, 0) is 5.88 Å². The van der Waals surface area contributed by atoms with Crippen molar-refractivity contribution in [2.24, 2.45) is 0 Å². The van der Waals surface area contributed by atoms with Crippen LogP contribution in [0.4, 0.5) is 11.5 Å². The molecule has 0 fully saturated rings. The van der Waals surface area contributed by atoms with Gasteiger partial charge in [0, 0.05) is 24.5 Å². The minimum absolute atomic E-state index is 0.472. The van der Waals surface area contributed by atoms with Gasteiger partial charge in [0.25, 0.3) is 0 Å². The number of hydrogen-bond acceptors (Lipinski definition) is 2. The smallest absolute Gasteiger partial charge is 0.137 e. The van der Waals surface area contributed by atoms with Gasteiger partial charge < -0.3 is 4.90 Å². The van der Waals surface area contributed by atoms with Crippen molar-refractivity contribution in [3.63, 3.8) is 0 Å². The van der Waals surface area contributed by atoms with Crippen LogP contribution in [0.2, 0.25) is 0 Å². The molecule has 0 spiro atoms. The van der Waals surface area contributed by atoms with Crippen molar-refractivity contribution < 1.29 is 0 Å². The summed E-state index contributed by atoms with van der Waals surface area (Å²) in [5, 5.41) is 0. The largest absolute Gasteiger partial charge is 0.329 e. The number of alkyl halides is 1. The summed E-state index contributed by atoms with van der Waals surface area (Å²) in [5.41, 5.74) is 3.39. The van der Waals surface area contributed by atoms with E-state index in [1.165, 1.54) is 5.56 Å². The maximum absolute atomic E-state index is 5.93. The highest BCUT2D eigenvalue weighted by Crippen LogP contribution is 2.26. The molecule has 0 aliphatic carbocycles. The molecular formula is C14H15ClN2. The first-order chi connectivity index (χ1) is 8.22. The van der Waals surface area contributed by atoms with Crippen molar-refractivity contribution in [3.05, 3.63) is 53.7 Å². The lowest BCUT2D eigenvalue weighted by Crippen LogP contribution is -2.13. The van der Waals surface area contributed by atoms with E-state index in [0.717, 1.165) is 17.1 Å². The van der Waals surface area contributed by atoms with Crippen LogP contribution >= 0.6 is 11.6 Å². The molecule has 0 radical (unpaired) electrons. The summed E-state index contributed by atoms with van der Waals surface area (Å²) in [7, 11) is 2.01. The zero-order valence-electron chi connectivity index (χ0n) is 10.0. The molecule has 2 aromatic rings. The highest BCUT2D eigenvalue weighted by molar-refractivity contribution is 6.17. The van der Waals surface area contributed by atoms with E-state index in [1.54, 1.807) is 6.20 Å². The van der Waals surface area contributed by atoms with Gasteiger partial charge in [-0.25, -0.2) is 4.98 Å². The Balaban J connectivity index is 2.40. The van der Waals surface area contributed by atoms with Gasteiger partial charge in [0.1, 0.15) is 5.82 Å². The molecule has 0 aliphatic heterocycles. The van der Waals surface area contributed by atoms with E-state index >= 15 is 0 Å². The molecule has 1 aromatic carbocycles. The van der Waals surface area contributed by atoms with E-state index in [0.29, 0.717) is 5.88 Å². The second-order valence-corrected chi connectivity index (χ2v) is 4.29. The Bertz CT molecular complexity index is 511. The number of halogens is 1. The fourth-order valence-corrected chi connectivity index (χ4v) is 2.00. The zero-order valence-corrected chi connectivity index (χ0v) is 10.8. The first-order valence-electron chi connectivity index (χ1n) is 5.52. The molecule has 0 saturated carbocycles. The molecule has 0 saturated heterocycles. The van der Waals surface area contributed by atoms with Gasteiger partial charge in [-0.1, -0.05) is 18.2 Å². The van der Waals surface area contributed by atoms with Gasteiger partial charge in [-0.15, -0.1) is 11.6 Å². The van der Waals surface area contributed by atoms with Gasteiger partial charge in [0.2, 0.25) is 0 Å². The third kappa shape index (κ3) is 2.59. The predicted octanol–water partition coefficient (Wildman–Crippen LogP) is 3.90. The molecule has 1 heterocycles. The molecule has 2 rings (SSSR count). The van der Waals surface area contributed by atoms with Gasteiger partial charge in [-0.05, 0) is 30.7 Å². The summed E-state index contributed by atoms with van der Waals surface area (Å²) in [6.45, 7) is 2.08. The summed E-state index contributed by atoms with van der Waals surface area (Å²) >= 11 is 5.93. The number of benzene rings is 1. The van der Waals surface area contributed by atoms with Crippen LogP contribution in [0.25, 0.3) is 0 Å². The van der Waals surface area contributed by atoms with Crippen LogP contribution in [0.1, 0.15) is 11.1 Å². The van der Waals surface area contributed by atoms with Crippen LogP contribution in [0.3, 0.4) is 0 Å². The predicted molar refractivity (Wildman–Crippen MR) is 73.0 cm³/mol. The van der Waals surface area contributed by atoms with Crippen LogP contribution in [0, 0.1) is 6.92 Å². The lowest BCUT2D eigenvalue weighted by molar-refractivity contribution is 1.09. The van der Waals surface area contributed by atoms with Gasteiger partial charge in [-0.3, -0.25) is 0 Å². The van der Waals surface area contributed by atoms with Crippen LogP contribution in [0.5, 0.6) is 0 Å². The number of nitrogens with zero attached hydrogens (tertiary/aromatic N) is 2. The molecule has 17 heavy (non-hydrogen) atoms. The van der Waals surface area contributed by atoms with Gasteiger partial charge >= 0.3 is 0 Å². The Morgan fingerprint density at radius 1 is 1.24 bits per heavy atom. The topological polar surface area (TPSA) is 16.1 Å². The Kier molecular flexibility index (Phi) is 3.64. The van der Waals surface area contributed by atoms with Crippen molar-refractivity contribution in [2.45, 2.75) is 12.8 Å². The Hall–Kier alpha value is -1.54.